The quantitative estimate of drug-likeness (QED) is 0.765. The van der Waals surface area contributed by atoms with Gasteiger partial charge in [-0.1, -0.05) is 18.2 Å². The van der Waals surface area contributed by atoms with Crippen LogP contribution in [-0.4, -0.2) is 24.0 Å². The van der Waals surface area contributed by atoms with Crippen molar-refractivity contribution in [2.75, 3.05) is 13.1 Å². The van der Waals surface area contributed by atoms with Crippen LogP contribution in [-0.2, 0) is 6.54 Å². The summed E-state index contributed by atoms with van der Waals surface area (Å²) in [5.41, 5.74) is 0. The Kier molecular flexibility index (Phi) is 3.40. The molecule has 4 heteroatoms. The first kappa shape index (κ1) is 10.2. The molecule has 1 aromatic rings. The van der Waals surface area contributed by atoms with Crippen molar-refractivity contribution in [3.05, 3.63) is 34.5 Å². The van der Waals surface area contributed by atoms with E-state index in [-0.39, 0.29) is 6.03 Å². The Labute approximate surface area is 93.4 Å². The van der Waals surface area contributed by atoms with Gasteiger partial charge in [-0.2, -0.15) is 0 Å². The summed E-state index contributed by atoms with van der Waals surface area (Å²) in [7, 11) is 0. The molecular weight excluding hydrogens is 208 g/mol. The molecule has 0 saturated heterocycles. The smallest absolute Gasteiger partial charge is 0.317 e. The van der Waals surface area contributed by atoms with Gasteiger partial charge >= 0.3 is 6.03 Å². The third kappa shape index (κ3) is 2.83. The lowest BCUT2D eigenvalue weighted by atomic mass is 10.3. The van der Waals surface area contributed by atoms with Crippen LogP contribution in [0.3, 0.4) is 0 Å². The zero-order valence-electron chi connectivity index (χ0n) is 8.48. The Morgan fingerprint density at radius 2 is 2.47 bits per heavy atom. The lowest BCUT2D eigenvalue weighted by Gasteiger charge is -2.23. The van der Waals surface area contributed by atoms with E-state index >= 15 is 0 Å². The number of urea groups is 1. The molecule has 0 unspecified atom stereocenters. The number of nitrogens with one attached hydrogen (secondary N) is 1. The zero-order valence-corrected chi connectivity index (χ0v) is 9.30. The maximum atomic E-state index is 11.7. The van der Waals surface area contributed by atoms with Gasteiger partial charge in [0.1, 0.15) is 0 Å². The van der Waals surface area contributed by atoms with Gasteiger partial charge < -0.3 is 10.2 Å². The molecule has 0 saturated carbocycles. The normalized spacial score (nSPS) is 15.3. The molecule has 1 N–H and O–H groups in total. The molecule has 1 aliphatic rings. The molecule has 0 aliphatic carbocycles. The van der Waals surface area contributed by atoms with Crippen LogP contribution in [0.5, 0.6) is 0 Å². The minimum absolute atomic E-state index is 0.0350. The lowest BCUT2D eigenvalue weighted by molar-refractivity contribution is 0.202. The molecule has 3 nitrogen and oxygen atoms in total. The number of amides is 2. The zero-order chi connectivity index (χ0) is 10.5. The minimum Gasteiger partial charge on any atom is -0.333 e. The maximum absolute atomic E-state index is 11.7. The number of thiophene rings is 1. The third-order valence-electron chi connectivity index (χ3n) is 2.34. The third-order valence-corrected chi connectivity index (χ3v) is 3.22. The molecule has 0 fully saturated rings. The first-order valence-electron chi connectivity index (χ1n) is 5.06. The SMILES string of the molecule is O=C(NCc1cccs1)N1CC=CCC1. The molecule has 0 bridgehead atoms. The summed E-state index contributed by atoms with van der Waals surface area (Å²) >= 11 is 1.66. The van der Waals surface area contributed by atoms with Crippen molar-refractivity contribution in [1.29, 1.82) is 0 Å². The predicted octanol–water partition coefficient (Wildman–Crippen LogP) is 2.22. The van der Waals surface area contributed by atoms with Crippen molar-refractivity contribution in [2.24, 2.45) is 0 Å². The number of hydrogen-bond acceptors (Lipinski definition) is 2. The van der Waals surface area contributed by atoms with Crippen LogP contribution in [0.2, 0.25) is 0 Å². The second-order valence-corrected chi connectivity index (χ2v) is 4.48. The van der Waals surface area contributed by atoms with Crippen molar-refractivity contribution in [1.82, 2.24) is 10.2 Å². The molecule has 2 rings (SSSR count). The number of carbonyl (C=O) groups is 1. The van der Waals surface area contributed by atoms with Gasteiger partial charge in [0.25, 0.3) is 0 Å². The molecule has 1 aliphatic heterocycles. The Hall–Kier alpha value is -1.29. The van der Waals surface area contributed by atoms with Crippen LogP contribution in [0.1, 0.15) is 11.3 Å². The van der Waals surface area contributed by atoms with Gasteiger partial charge in [-0.05, 0) is 17.9 Å². The number of rotatable bonds is 2. The van der Waals surface area contributed by atoms with Crippen LogP contribution in [0.25, 0.3) is 0 Å². The van der Waals surface area contributed by atoms with Crippen LogP contribution < -0.4 is 5.32 Å². The summed E-state index contributed by atoms with van der Waals surface area (Å²) in [6.07, 6.45) is 5.11. The Bertz CT molecular complexity index is 345. The van der Waals surface area contributed by atoms with E-state index in [1.165, 1.54) is 4.88 Å². The fourth-order valence-corrected chi connectivity index (χ4v) is 2.16. The highest BCUT2D eigenvalue weighted by Crippen LogP contribution is 2.08. The summed E-state index contributed by atoms with van der Waals surface area (Å²) in [5, 5.41) is 4.94. The summed E-state index contributed by atoms with van der Waals surface area (Å²) < 4.78 is 0. The van der Waals surface area contributed by atoms with Gasteiger partial charge in [0.05, 0.1) is 6.54 Å². The van der Waals surface area contributed by atoms with Crippen LogP contribution in [0.4, 0.5) is 4.79 Å². The van der Waals surface area contributed by atoms with Gasteiger partial charge in [0.2, 0.25) is 0 Å². The van der Waals surface area contributed by atoms with Crippen molar-refractivity contribution >= 4 is 17.4 Å². The van der Waals surface area contributed by atoms with E-state index in [1.807, 2.05) is 28.5 Å². The maximum Gasteiger partial charge on any atom is 0.317 e. The molecule has 2 amide bonds. The monoisotopic (exact) mass is 222 g/mol. The molecule has 0 atom stereocenters. The first-order chi connectivity index (χ1) is 7.36. The molecule has 1 aromatic heterocycles. The Morgan fingerprint density at radius 3 is 3.13 bits per heavy atom. The molecule has 0 spiro atoms. The first-order valence-corrected chi connectivity index (χ1v) is 5.94. The second-order valence-electron chi connectivity index (χ2n) is 3.44. The predicted molar refractivity (Wildman–Crippen MR) is 61.9 cm³/mol. The molecule has 0 radical (unpaired) electrons. The van der Waals surface area contributed by atoms with E-state index < -0.39 is 0 Å². The summed E-state index contributed by atoms with van der Waals surface area (Å²) in [4.78, 5) is 14.7. The standard InChI is InChI=1S/C11H14N2OS/c14-11(13-6-2-1-3-7-13)12-9-10-5-4-8-15-10/h1-2,4-5,8H,3,6-7,9H2,(H,12,14). The van der Waals surface area contributed by atoms with Gasteiger partial charge in [0.15, 0.2) is 0 Å². The van der Waals surface area contributed by atoms with E-state index in [1.54, 1.807) is 11.3 Å². The summed E-state index contributed by atoms with van der Waals surface area (Å²) in [6.45, 7) is 2.19. The highest BCUT2D eigenvalue weighted by atomic mass is 32.1. The average molecular weight is 222 g/mol. The molecule has 0 aromatic carbocycles. The average Bonchev–Trinajstić information content (AvgIpc) is 2.80. The van der Waals surface area contributed by atoms with Gasteiger partial charge in [-0.25, -0.2) is 4.79 Å². The van der Waals surface area contributed by atoms with Gasteiger partial charge in [-0.15, -0.1) is 11.3 Å². The Balaban J connectivity index is 1.79. The molecule has 15 heavy (non-hydrogen) atoms. The fraction of sp³-hybridized carbons (Fsp3) is 0.364. The Morgan fingerprint density at radius 1 is 1.53 bits per heavy atom. The highest BCUT2D eigenvalue weighted by molar-refractivity contribution is 7.09. The topological polar surface area (TPSA) is 32.3 Å². The fourth-order valence-electron chi connectivity index (χ4n) is 1.51. The molecule has 80 valence electrons. The number of nitrogens with zero attached hydrogens (tertiary/aromatic N) is 1. The van der Waals surface area contributed by atoms with Gasteiger partial charge in [0, 0.05) is 18.0 Å². The van der Waals surface area contributed by atoms with E-state index in [0.29, 0.717) is 6.54 Å². The molecular formula is C11H14N2OS. The van der Waals surface area contributed by atoms with Crippen LogP contribution >= 0.6 is 11.3 Å². The summed E-state index contributed by atoms with van der Waals surface area (Å²) in [5.74, 6) is 0. The van der Waals surface area contributed by atoms with Crippen LogP contribution in [0.15, 0.2) is 29.7 Å². The largest absolute Gasteiger partial charge is 0.333 e. The van der Waals surface area contributed by atoms with Gasteiger partial charge in [-0.3, -0.25) is 0 Å². The minimum atomic E-state index is 0.0350. The summed E-state index contributed by atoms with van der Waals surface area (Å²) in [6, 6.07) is 4.06. The van der Waals surface area contributed by atoms with E-state index in [2.05, 4.69) is 11.4 Å². The second kappa shape index (κ2) is 4.98. The van der Waals surface area contributed by atoms with Crippen molar-refractivity contribution in [3.63, 3.8) is 0 Å². The number of hydrogen-bond donors (Lipinski definition) is 1. The van der Waals surface area contributed by atoms with E-state index in [9.17, 15) is 4.79 Å². The van der Waals surface area contributed by atoms with E-state index in [4.69, 9.17) is 0 Å². The van der Waals surface area contributed by atoms with E-state index in [0.717, 1.165) is 19.5 Å². The molecule has 2 heterocycles. The highest BCUT2D eigenvalue weighted by Gasteiger charge is 2.12. The van der Waals surface area contributed by atoms with Crippen molar-refractivity contribution in [2.45, 2.75) is 13.0 Å². The van der Waals surface area contributed by atoms with Crippen molar-refractivity contribution in [3.8, 4) is 0 Å². The lowest BCUT2D eigenvalue weighted by Crippen LogP contribution is -2.41. The number of carbonyl (C=O) groups excluding carboxylic acids is 1. The van der Waals surface area contributed by atoms with Crippen LogP contribution in [0, 0.1) is 0 Å². The van der Waals surface area contributed by atoms with Crippen molar-refractivity contribution < 1.29 is 4.79 Å².